The maximum atomic E-state index is 13.5. The van der Waals surface area contributed by atoms with Crippen LogP contribution in [-0.4, -0.2) is 99.6 Å². The summed E-state index contributed by atoms with van der Waals surface area (Å²) in [5.74, 6) is -1.22. The highest BCUT2D eigenvalue weighted by Gasteiger charge is 2.47. The van der Waals surface area contributed by atoms with Crippen molar-refractivity contribution in [3.05, 3.63) is 85.1 Å². The van der Waals surface area contributed by atoms with Crippen LogP contribution in [-0.2, 0) is 23.8 Å². The first-order valence-corrected chi connectivity index (χ1v) is 34.4. The minimum absolute atomic E-state index is 0.0954. The number of amides is 1. The molecule has 11 nitrogen and oxygen atoms in total. The van der Waals surface area contributed by atoms with Gasteiger partial charge in [-0.05, 0) is 103 Å². The van der Waals surface area contributed by atoms with Crippen molar-refractivity contribution >= 4 is 11.9 Å². The smallest absolute Gasteiger partial charge is 0.306 e. The second kappa shape index (κ2) is 59.2. The van der Waals surface area contributed by atoms with Crippen molar-refractivity contribution < 1.29 is 49.3 Å². The van der Waals surface area contributed by atoms with Gasteiger partial charge >= 0.3 is 5.97 Å². The molecule has 1 aliphatic heterocycles. The van der Waals surface area contributed by atoms with E-state index in [-0.39, 0.29) is 19.4 Å². The van der Waals surface area contributed by atoms with Gasteiger partial charge in [-0.25, -0.2) is 0 Å². The Labute approximate surface area is 508 Å². The van der Waals surface area contributed by atoms with Gasteiger partial charge in [0.25, 0.3) is 0 Å². The average Bonchev–Trinajstić information content (AvgIpc) is 3.67. The summed E-state index contributed by atoms with van der Waals surface area (Å²) >= 11 is 0. The number of carbonyl (C=O) groups is 2. The lowest BCUT2D eigenvalue weighted by Gasteiger charge is -2.41. The highest BCUT2D eigenvalue weighted by Crippen LogP contribution is 2.26. The number of ether oxygens (including phenoxy) is 3. The van der Waals surface area contributed by atoms with Gasteiger partial charge in [0.1, 0.15) is 24.4 Å². The summed E-state index contributed by atoms with van der Waals surface area (Å²) in [6.07, 6.45) is 67.5. The molecule has 1 rings (SSSR count). The zero-order valence-electron chi connectivity index (χ0n) is 53.3. The summed E-state index contributed by atoms with van der Waals surface area (Å²) in [5, 5.41) is 57.2. The first kappa shape index (κ1) is 77.9. The number of carbonyl (C=O) groups excluding carboxylic acids is 2. The molecule has 0 aromatic heterocycles. The average molecular weight is 1170 g/mol. The van der Waals surface area contributed by atoms with E-state index in [0.29, 0.717) is 12.8 Å². The van der Waals surface area contributed by atoms with Gasteiger partial charge in [0.05, 0.1) is 25.4 Å². The molecule has 0 aromatic carbocycles. The second-order valence-corrected chi connectivity index (χ2v) is 23.6. The Bertz CT molecular complexity index is 1670. The predicted molar refractivity (Wildman–Crippen MR) is 347 cm³/mol. The van der Waals surface area contributed by atoms with Gasteiger partial charge in [-0.3, -0.25) is 9.59 Å². The molecule has 0 bridgehead atoms. The van der Waals surface area contributed by atoms with Crippen LogP contribution < -0.4 is 5.32 Å². The van der Waals surface area contributed by atoms with Crippen LogP contribution in [0.3, 0.4) is 0 Å². The molecular weight excluding hydrogens is 1040 g/mol. The Kier molecular flexibility index (Phi) is 55.5. The normalized spacial score (nSPS) is 19.1. The number of aliphatic hydroxyl groups is 5. The summed E-state index contributed by atoms with van der Waals surface area (Å²) in [5.41, 5.74) is 0. The van der Waals surface area contributed by atoms with E-state index in [1.807, 2.05) is 6.08 Å². The van der Waals surface area contributed by atoms with Crippen LogP contribution in [0.15, 0.2) is 85.1 Å². The molecular formula is C72H127NO10. The number of nitrogens with one attached hydrogen (secondary N) is 1. The fraction of sp³-hybridized carbons (Fsp3) is 0.778. The number of aliphatic hydroxyl groups excluding tert-OH is 5. The zero-order valence-corrected chi connectivity index (χ0v) is 53.3. The van der Waals surface area contributed by atoms with Crippen molar-refractivity contribution in [2.24, 2.45) is 0 Å². The van der Waals surface area contributed by atoms with Crippen LogP contribution in [0.4, 0.5) is 0 Å². The second-order valence-electron chi connectivity index (χ2n) is 23.6. The molecule has 1 saturated heterocycles. The molecule has 1 heterocycles. The van der Waals surface area contributed by atoms with Gasteiger partial charge in [-0.15, -0.1) is 0 Å². The van der Waals surface area contributed by atoms with Crippen LogP contribution in [0.5, 0.6) is 0 Å². The molecule has 1 fully saturated rings. The molecule has 8 unspecified atom stereocenters. The summed E-state index contributed by atoms with van der Waals surface area (Å²) in [6.45, 7) is 5.74. The van der Waals surface area contributed by atoms with E-state index in [4.69, 9.17) is 14.2 Å². The van der Waals surface area contributed by atoms with Crippen molar-refractivity contribution in [3.8, 4) is 0 Å². The molecule has 0 saturated carbocycles. The van der Waals surface area contributed by atoms with Gasteiger partial charge in [-0.1, -0.05) is 273 Å². The molecule has 0 aliphatic carbocycles. The van der Waals surface area contributed by atoms with Crippen LogP contribution in [0.2, 0.25) is 0 Å². The van der Waals surface area contributed by atoms with Gasteiger partial charge in [0.2, 0.25) is 5.91 Å². The molecule has 1 amide bonds. The van der Waals surface area contributed by atoms with Crippen molar-refractivity contribution in [1.82, 2.24) is 5.32 Å². The van der Waals surface area contributed by atoms with Gasteiger partial charge in [-0.2, -0.15) is 0 Å². The lowest BCUT2D eigenvalue weighted by molar-refractivity contribution is -0.305. The summed E-state index contributed by atoms with van der Waals surface area (Å²) in [7, 11) is 0. The quantitative estimate of drug-likeness (QED) is 0.0195. The monoisotopic (exact) mass is 1170 g/mol. The number of unbranched alkanes of at least 4 members (excludes halogenated alkanes) is 32. The molecule has 0 spiro atoms. The van der Waals surface area contributed by atoms with E-state index in [2.05, 4.69) is 99.0 Å². The minimum Gasteiger partial charge on any atom is -0.454 e. The number of hydrogen-bond acceptors (Lipinski definition) is 10. The highest BCUT2D eigenvalue weighted by molar-refractivity contribution is 5.80. The van der Waals surface area contributed by atoms with E-state index < -0.39 is 67.4 Å². The van der Waals surface area contributed by atoms with Crippen molar-refractivity contribution in [3.63, 3.8) is 0 Å². The van der Waals surface area contributed by atoms with E-state index in [1.165, 1.54) is 148 Å². The maximum Gasteiger partial charge on any atom is 0.306 e. The maximum absolute atomic E-state index is 13.5. The summed E-state index contributed by atoms with van der Waals surface area (Å²) in [6, 6.07) is -1.03. The van der Waals surface area contributed by atoms with Crippen LogP contribution >= 0.6 is 0 Å². The van der Waals surface area contributed by atoms with E-state index in [9.17, 15) is 35.1 Å². The summed E-state index contributed by atoms with van der Waals surface area (Å²) in [4.78, 5) is 26.6. The van der Waals surface area contributed by atoms with Crippen LogP contribution in [0.1, 0.15) is 297 Å². The Morgan fingerprint density at radius 2 is 0.831 bits per heavy atom. The van der Waals surface area contributed by atoms with Gasteiger partial charge in [0.15, 0.2) is 12.4 Å². The first-order valence-electron chi connectivity index (χ1n) is 34.4. The first-order chi connectivity index (χ1) is 40.7. The molecule has 8 atom stereocenters. The lowest BCUT2D eigenvalue weighted by Crippen LogP contribution is -2.61. The van der Waals surface area contributed by atoms with Crippen LogP contribution in [0, 0.1) is 0 Å². The number of esters is 1. The summed E-state index contributed by atoms with van der Waals surface area (Å²) < 4.78 is 17.6. The third-order valence-electron chi connectivity index (χ3n) is 15.8. The largest absolute Gasteiger partial charge is 0.454 e. The molecule has 0 aromatic rings. The van der Waals surface area contributed by atoms with E-state index in [1.54, 1.807) is 6.08 Å². The Morgan fingerprint density at radius 1 is 0.470 bits per heavy atom. The molecule has 1 aliphatic rings. The van der Waals surface area contributed by atoms with Crippen molar-refractivity contribution in [2.75, 3.05) is 13.2 Å². The Balaban J connectivity index is 2.63. The van der Waals surface area contributed by atoms with E-state index >= 15 is 0 Å². The molecule has 11 heteroatoms. The fourth-order valence-corrected chi connectivity index (χ4v) is 10.3. The predicted octanol–water partition coefficient (Wildman–Crippen LogP) is 17.3. The number of rotatable bonds is 58. The van der Waals surface area contributed by atoms with Gasteiger partial charge < -0.3 is 45.1 Å². The van der Waals surface area contributed by atoms with Crippen molar-refractivity contribution in [2.45, 2.75) is 346 Å². The minimum atomic E-state index is -1.63. The SMILES string of the molecule is CCCCC/C=C\C/C=C\C/C=C\CCCCCCCCCCCCCC(O)C(=O)NC(COC1OC(CO)C(O)C(O)C1OC(=O)CCCCCC/C=C\C/C=C\C/C=C\CCCCC)C(O)/C=C/CCCCCCCCCCCCC. The third-order valence-corrected chi connectivity index (χ3v) is 15.8. The molecule has 83 heavy (non-hydrogen) atoms. The topological polar surface area (TPSA) is 175 Å². The van der Waals surface area contributed by atoms with Gasteiger partial charge in [0, 0.05) is 6.42 Å². The number of hydrogen-bond donors (Lipinski definition) is 6. The zero-order chi connectivity index (χ0) is 60.3. The lowest BCUT2D eigenvalue weighted by atomic mass is 9.99. The molecule has 480 valence electrons. The third kappa shape index (κ3) is 46.7. The standard InChI is InChI=1S/C72H127NO10/c1-4-7-10-13-16-19-22-25-27-29-30-31-32-33-34-35-37-38-41-44-47-50-53-56-59-65(76)71(80)73-63(64(75)58-55-52-49-46-43-40-24-21-18-15-12-9-6-3)62-81-72-70(69(79)68(78)66(61-74)82-72)83-67(77)60-57-54-51-48-45-42-39-36-28-26-23-20-17-14-11-8-5-2/h16-17,19-20,25-28,30-31,39,42,55,58,63-66,68-70,72,74-76,78-79H,4-15,18,21-24,29,32-38,40-41,43-54,56-57,59-62H2,1-3H3,(H,73,80)/b19-16-,20-17-,27-25-,28-26-,31-30-,42-39-,58-55+. The van der Waals surface area contributed by atoms with Crippen LogP contribution in [0.25, 0.3) is 0 Å². The number of allylic oxidation sites excluding steroid dienone is 13. The molecule has 6 N–H and O–H groups in total. The van der Waals surface area contributed by atoms with Crippen molar-refractivity contribution in [1.29, 1.82) is 0 Å². The fourth-order valence-electron chi connectivity index (χ4n) is 10.3. The van der Waals surface area contributed by atoms with E-state index in [0.717, 1.165) is 103 Å². The Morgan fingerprint density at radius 3 is 1.27 bits per heavy atom. The highest BCUT2D eigenvalue weighted by atomic mass is 16.7. The Hall–Kier alpha value is -3.16. The molecule has 0 radical (unpaired) electrons.